The van der Waals surface area contributed by atoms with Crippen molar-refractivity contribution in [3.05, 3.63) is 33.3 Å². The summed E-state index contributed by atoms with van der Waals surface area (Å²) < 4.78 is 5.53. The zero-order chi connectivity index (χ0) is 13.5. The van der Waals surface area contributed by atoms with E-state index < -0.39 is 6.04 Å². The quantitative estimate of drug-likeness (QED) is 0.631. The van der Waals surface area contributed by atoms with E-state index in [4.69, 9.17) is 17.3 Å². The van der Waals surface area contributed by atoms with Crippen LogP contribution in [0.3, 0.4) is 0 Å². The molecule has 1 rings (SSSR count). The number of thioether (sulfide) groups is 1. The molecule has 0 spiro atoms. The van der Waals surface area contributed by atoms with Gasteiger partial charge in [0, 0.05) is 15.2 Å². The van der Waals surface area contributed by atoms with Crippen LogP contribution in [0.2, 0.25) is 5.02 Å². The van der Waals surface area contributed by atoms with Gasteiger partial charge in [-0.05, 0) is 29.9 Å². The number of carbonyl (C=O) groups is 1. The van der Waals surface area contributed by atoms with Crippen LogP contribution >= 0.6 is 39.3 Å². The minimum absolute atomic E-state index is 0.364. The monoisotopic (exact) mass is 351 g/mol. The number of nitrogens with two attached hydrogens (primary N) is 1. The van der Waals surface area contributed by atoms with E-state index in [1.54, 1.807) is 11.8 Å². The minimum atomic E-state index is -0.539. The van der Waals surface area contributed by atoms with Gasteiger partial charge in [-0.25, -0.2) is 0 Å². The van der Waals surface area contributed by atoms with Gasteiger partial charge in [-0.2, -0.15) is 11.8 Å². The fraction of sp³-hybridized carbons (Fsp3) is 0.417. The van der Waals surface area contributed by atoms with Crippen molar-refractivity contribution in [1.29, 1.82) is 0 Å². The van der Waals surface area contributed by atoms with E-state index in [0.717, 1.165) is 26.6 Å². The van der Waals surface area contributed by atoms with Crippen molar-refractivity contribution in [2.75, 3.05) is 12.9 Å². The molecule has 0 aromatic heterocycles. The summed E-state index contributed by atoms with van der Waals surface area (Å²) in [6.07, 6.45) is 0.603. The average molecular weight is 353 g/mol. The first kappa shape index (κ1) is 15.8. The zero-order valence-electron chi connectivity index (χ0n) is 9.99. The Morgan fingerprint density at radius 2 is 2.33 bits per heavy atom. The average Bonchev–Trinajstić information content (AvgIpc) is 2.35. The van der Waals surface area contributed by atoms with Crippen molar-refractivity contribution in [2.45, 2.75) is 18.2 Å². The van der Waals surface area contributed by atoms with Gasteiger partial charge in [0.05, 0.1) is 7.11 Å². The summed E-state index contributed by atoms with van der Waals surface area (Å²) in [6.45, 7) is 0. The van der Waals surface area contributed by atoms with Crippen LogP contribution < -0.4 is 5.73 Å². The molecule has 1 unspecified atom stereocenters. The molecular weight excluding hydrogens is 338 g/mol. The van der Waals surface area contributed by atoms with Crippen molar-refractivity contribution in [3.63, 3.8) is 0 Å². The highest BCUT2D eigenvalue weighted by Gasteiger charge is 2.12. The molecule has 3 nitrogen and oxygen atoms in total. The van der Waals surface area contributed by atoms with Crippen LogP contribution in [0.15, 0.2) is 22.7 Å². The molecule has 0 aliphatic carbocycles. The number of rotatable bonds is 6. The lowest BCUT2D eigenvalue weighted by Gasteiger charge is -2.09. The Bertz CT molecular complexity index is 417. The molecule has 2 N–H and O–H groups in total. The van der Waals surface area contributed by atoms with E-state index in [2.05, 4.69) is 20.7 Å². The standard InChI is InChI=1S/C12H15BrClNO2S/c1-17-12(16)11(15)4-5-18-7-8-2-3-9(13)6-10(8)14/h2-3,6,11H,4-5,7,15H2,1H3. The van der Waals surface area contributed by atoms with Gasteiger partial charge in [0.15, 0.2) is 0 Å². The van der Waals surface area contributed by atoms with Gasteiger partial charge in [-0.3, -0.25) is 4.79 Å². The number of carbonyl (C=O) groups excluding carboxylic acids is 1. The summed E-state index contributed by atoms with van der Waals surface area (Å²) in [4.78, 5) is 11.1. The third kappa shape index (κ3) is 5.18. The maximum absolute atomic E-state index is 11.1. The lowest BCUT2D eigenvalue weighted by molar-refractivity contribution is -0.142. The second kappa shape index (κ2) is 8.04. The molecule has 1 aromatic carbocycles. The predicted octanol–water partition coefficient (Wildman–Crippen LogP) is 3.23. The highest BCUT2D eigenvalue weighted by atomic mass is 79.9. The third-order valence-corrected chi connectivity index (χ3v) is 4.23. The summed E-state index contributed by atoms with van der Waals surface area (Å²) in [5.41, 5.74) is 6.72. The van der Waals surface area contributed by atoms with Crippen molar-refractivity contribution in [1.82, 2.24) is 0 Å². The van der Waals surface area contributed by atoms with Gasteiger partial charge < -0.3 is 10.5 Å². The minimum Gasteiger partial charge on any atom is -0.468 e. The van der Waals surface area contributed by atoms with E-state index >= 15 is 0 Å². The van der Waals surface area contributed by atoms with Gasteiger partial charge in [-0.15, -0.1) is 0 Å². The number of ether oxygens (including phenoxy) is 1. The van der Waals surface area contributed by atoms with Crippen LogP contribution in [-0.2, 0) is 15.3 Å². The molecule has 0 amide bonds. The van der Waals surface area contributed by atoms with Crippen LogP contribution in [0.5, 0.6) is 0 Å². The maximum atomic E-state index is 11.1. The van der Waals surface area contributed by atoms with Crippen molar-refractivity contribution < 1.29 is 9.53 Å². The predicted molar refractivity (Wildman–Crippen MR) is 79.9 cm³/mol. The van der Waals surface area contributed by atoms with Crippen molar-refractivity contribution in [3.8, 4) is 0 Å². The van der Waals surface area contributed by atoms with Gasteiger partial charge in [-0.1, -0.05) is 33.6 Å². The highest BCUT2D eigenvalue weighted by molar-refractivity contribution is 9.10. The van der Waals surface area contributed by atoms with E-state index in [-0.39, 0.29) is 5.97 Å². The lowest BCUT2D eigenvalue weighted by atomic mass is 10.2. The van der Waals surface area contributed by atoms with Gasteiger partial charge >= 0.3 is 5.97 Å². The summed E-state index contributed by atoms with van der Waals surface area (Å²) in [6, 6.07) is 5.28. The molecule has 100 valence electrons. The molecule has 0 aliphatic rings. The summed E-state index contributed by atoms with van der Waals surface area (Å²) in [5, 5.41) is 0.745. The molecule has 0 radical (unpaired) electrons. The molecule has 0 saturated carbocycles. The molecule has 0 aliphatic heterocycles. The summed E-state index contributed by atoms with van der Waals surface area (Å²) in [5.74, 6) is 1.24. The van der Waals surface area contributed by atoms with Crippen molar-refractivity contribution >= 4 is 45.3 Å². The van der Waals surface area contributed by atoms with Crippen LogP contribution in [0.1, 0.15) is 12.0 Å². The molecule has 0 fully saturated rings. The topological polar surface area (TPSA) is 52.3 Å². The van der Waals surface area contributed by atoms with Crippen LogP contribution in [0, 0.1) is 0 Å². The van der Waals surface area contributed by atoms with Crippen LogP contribution in [0.4, 0.5) is 0 Å². The summed E-state index contributed by atoms with van der Waals surface area (Å²) in [7, 11) is 1.34. The molecule has 6 heteroatoms. The van der Waals surface area contributed by atoms with E-state index in [1.165, 1.54) is 7.11 Å². The lowest BCUT2D eigenvalue weighted by Crippen LogP contribution is -2.31. The molecule has 0 heterocycles. The maximum Gasteiger partial charge on any atom is 0.322 e. The smallest absolute Gasteiger partial charge is 0.322 e. The number of halogens is 2. The zero-order valence-corrected chi connectivity index (χ0v) is 13.1. The Labute approximate surface area is 125 Å². The van der Waals surface area contributed by atoms with Crippen molar-refractivity contribution in [2.24, 2.45) is 5.73 Å². The fourth-order valence-corrected chi connectivity index (χ4v) is 3.16. The second-order valence-corrected chi connectivity index (χ2v) is 6.13. The fourth-order valence-electron chi connectivity index (χ4n) is 1.30. The first-order valence-electron chi connectivity index (χ1n) is 5.39. The Kier molecular flexibility index (Phi) is 7.07. The molecular formula is C12H15BrClNO2S. The van der Waals surface area contributed by atoms with Crippen LogP contribution in [-0.4, -0.2) is 24.9 Å². The Balaban J connectivity index is 2.32. The first-order valence-corrected chi connectivity index (χ1v) is 7.72. The molecule has 0 bridgehead atoms. The van der Waals surface area contributed by atoms with Gasteiger partial charge in [0.25, 0.3) is 0 Å². The third-order valence-electron chi connectivity index (χ3n) is 2.35. The largest absolute Gasteiger partial charge is 0.468 e. The van der Waals surface area contributed by atoms with Gasteiger partial charge in [0.1, 0.15) is 6.04 Å². The molecule has 18 heavy (non-hydrogen) atoms. The Morgan fingerprint density at radius 1 is 1.61 bits per heavy atom. The summed E-state index contributed by atoms with van der Waals surface area (Å²) >= 11 is 11.2. The van der Waals surface area contributed by atoms with E-state index in [9.17, 15) is 4.79 Å². The number of hydrogen-bond acceptors (Lipinski definition) is 4. The number of benzene rings is 1. The Morgan fingerprint density at radius 3 is 2.94 bits per heavy atom. The van der Waals surface area contributed by atoms with Gasteiger partial charge in [0.2, 0.25) is 0 Å². The number of hydrogen-bond donors (Lipinski definition) is 1. The van der Waals surface area contributed by atoms with E-state index in [0.29, 0.717) is 6.42 Å². The first-order chi connectivity index (χ1) is 8.54. The number of esters is 1. The van der Waals surface area contributed by atoms with Crippen LogP contribution in [0.25, 0.3) is 0 Å². The molecule has 0 saturated heterocycles. The number of methoxy groups -OCH3 is 1. The molecule has 1 aromatic rings. The highest BCUT2D eigenvalue weighted by Crippen LogP contribution is 2.25. The molecule has 1 atom stereocenters. The van der Waals surface area contributed by atoms with E-state index in [1.807, 2.05) is 18.2 Å². The SMILES string of the molecule is COC(=O)C(N)CCSCc1ccc(Br)cc1Cl. The normalized spacial score (nSPS) is 12.2. The second-order valence-electron chi connectivity index (χ2n) is 3.71. The Hall–Kier alpha value is -0.230.